The van der Waals surface area contributed by atoms with Crippen molar-refractivity contribution in [3.63, 3.8) is 0 Å². The summed E-state index contributed by atoms with van der Waals surface area (Å²) in [6.45, 7) is 2.39. The predicted octanol–water partition coefficient (Wildman–Crippen LogP) is 3.28. The number of anilines is 1. The second-order valence-corrected chi connectivity index (χ2v) is 5.44. The van der Waals surface area contributed by atoms with Crippen LogP contribution in [0.3, 0.4) is 0 Å². The molecular weight excluding hydrogens is 340 g/mol. The van der Waals surface area contributed by atoms with Crippen LogP contribution in [0, 0.1) is 6.92 Å². The van der Waals surface area contributed by atoms with Gasteiger partial charge in [0, 0.05) is 6.07 Å². The van der Waals surface area contributed by atoms with Crippen LogP contribution in [0.25, 0.3) is 0 Å². The van der Waals surface area contributed by atoms with Crippen LogP contribution in [-0.4, -0.2) is 21.5 Å². The van der Waals surface area contributed by atoms with Crippen LogP contribution in [-0.2, 0) is 6.54 Å². The average Bonchev–Trinajstić information content (AvgIpc) is 2.66. The summed E-state index contributed by atoms with van der Waals surface area (Å²) in [5.41, 5.74) is 0. The number of ether oxygens (including phenoxy) is 1. The van der Waals surface area contributed by atoms with E-state index in [0.717, 1.165) is 9.35 Å². The number of methoxy groups -OCH3 is 1. The second-order valence-electron chi connectivity index (χ2n) is 3.41. The van der Waals surface area contributed by atoms with Gasteiger partial charge in [-0.05, 0) is 34.4 Å². The third kappa shape index (κ3) is 3.09. The number of aryl methyl sites for hydroxylation is 1. The number of rotatable bonds is 4. The standard InChI is InChI=1S/C10H10BrClN4OS/c1-5-14-7(12)3-8(15-5)13-4-6-9(11)10(17-2)16-18-6/h3H,4H2,1-2H3,(H,13,14,15). The first-order valence-electron chi connectivity index (χ1n) is 5.03. The average molecular weight is 350 g/mol. The Morgan fingerprint density at radius 3 is 2.89 bits per heavy atom. The lowest BCUT2D eigenvalue weighted by atomic mass is 10.4. The van der Waals surface area contributed by atoms with Crippen molar-refractivity contribution in [2.24, 2.45) is 0 Å². The van der Waals surface area contributed by atoms with Gasteiger partial charge < -0.3 is 10.1 Å². The van der Waals surface area contributed by atoms with Gasteiger partial charge >= 0.3 is 0 Å². The number of halogens is 2. The van der Waals surface area contributed by atoms with E-state index in [-0.39, 0.29) is 0 Å². The summed E-state index contributed by atoms with van der Waals surface area (Å²) in [5, 5.41) is 3.59. The molecule has 0 aliphatic heterocycles. The van der Waals surface area contributed by atoms with Gasteiger partial charge in [0.1, 0.15) is 16.8 Å². The Morgan fingerprint density at radius 1 is 1.50 bits per heavy atom. The first-order valence-corrected chi connectivity index (χ1v) is 6.97. The van der Waals surface area contributed by atoms with Gasteiger partial charge in [-0.1, -0.05) is 11.6 Å². The van der Waals surface area contributed by atoms with Crippen LogP contribution >= 0.6 is 39.1 Å². The molecule has 0 radical (unpaired) electrons. The molecule has 0 aliphatic carbocycles. The SMILES string of the molecule is COc1nsc(CNc2cc(Cl)nc(C)n2)c1Br. The molecule has 0 amide bonds. The van der Waals surface area contributed by atoms with E-state index < -0.39 is 0 Å². The molecule has 18 heavy (non-hydrogen) atoms. The molecule has 1 N–H and O–H groups in total. The highest BCUT2D eigenvalue weighted by Gasteiger charge is 2.11. The number of nitrogens with zero attached hydrogens (tertiary/aromatic N) is 3. The maximum Gasteiger partial charge on any atom is 0.239 e. The lowest BCUT2D eigenvalue weighted by Crippen LogP contribution is -2.02. The highest BCUT2D eigenvalue weighted by molar-refractivity contribution is 9.10. The fourth-order valence-electron chi connectivity index (χ4n) is 1.33. The van der Waals surface area contributed by atoms with E-state index in [9.17, 15) is 0 Å². The topological polar surface area (TPSA) is 59.9 Å². The van der Waals surface area contributed by atoms with Gasteiger partial charge in [-0.25, -0.2) is 9.97 Å². The molecule has 0 aliphatic rings. The molecule has 0 bridgehead atoms. The molecule has 2 aromatic rings. The third-order valence-electron chi connectivity index (χ3n) is 2.10. The molecule has 0 atom stereocenters. The van der Waals surface area contributed by atoms with Gasteiger partial charge in [0.2, 0.25) is 5.88 Å². The summed E-state index contributed by atoms with van der Waals surface area (Å²) >= 11 is 10.7. The van der Waals surface area contributed by atoms with Gasteiger partial charge in [-0.3, -0.25) is 0 Å². The van der Waals surface area contributed by atoms with Crippen molar-refractivity contribution in [1.29, 1.82) is 0 Å². The Morgan fingerprint density at radius 2 is 2.28 bits per heavy atom. The Labute approximate surface area is 122 Å². The van der Waals surface area contributed by atoms with E-state index in [1.54, 1.807) is 20.1 Å². The normalized spacial score (nSPS) is 10.4. The van der Waals surface area contributed by atoms with Gasteiger partial charge in [0.15, 0.2) is 0 Å². The molecule has 2 aromatic heterocycles. The van der Waals surface area contributed by atoms with Crippen LogP contribution in [0.4, 0.5) is 5.82 Å². The van der Waals surface area contributed by atoms with E-state index in [1.807, 2.05) is 0 Å². The molecule has 0 aromatic carbocycles. The smallest absolute Gasteiger partial charge is 0.239 e. The van der Waals surface area contributed by atoms with Gasteiger partial charge in [-0.15, -0.1) is 0 Å². The van der Waals surface area contributed by atoms with Crippen molar-refractivity contribution in [2.75, 3.05) is 12.4 Å². The van der Waals surface area contributed by atoms with Crippen molar-refractivity contribution in [1.82, 2.24) is 14.3 Å². The predicted molar refractivity (Wildman–Crippen MR) is 75.5 cm³/mol. The molecule has 2 heterocycles. The molecule has 8 heteroatoms. The fourth-order valence-corrected chi connectivity index (χ4v) is 2.94. The highest BCUT2D eigenvalue weighted by atomic mass is 79.9. The van der Waals surface area contributed by atoms with Crippen molar-refractivity contribution >= 4 is 44.9 Å². The van der Waals surface area contributed by atoms with Gasteiger partial charge in [0.25, 0.3) is 0 Å². The van der Waals surface area contributed by atoms with Crippen molar-refractivity contribution in [3.8, 4) is 5.88 Å². The molecule has 0 spiro atoms. The van der Waals surface area contributed by atoms with Crippen molar-refractivity contribution in [3.05, 3.63) is 26.4 Å². The molecule has 5 nitrogen and oxygen atoms in total. The summed E-state index contributed by atoms with van der Waals surface area (Å²) < 4.78 is 10.1. The first-order chi connectivity index (χ1) is 8.60. The van der Waals surface area contributed by atoms with E-state index >= 15 is 0 Å². The van der Waals surface area contributed by atoms with Crippen LogP contribution < -0.4 is 10.1 Å². The summed E-state index contributed by atoms with van der Waals surface area (Å²) in [5.74, 6) is 1.91. The minimum absolute atomic E-state index is 0.422. The van der Waals surface area contributed by atoms with E-state index in [1.165, 1.54) is 11.5 Å². The monoisotopic (exact) mass is 348 g/mol. The zero-order valence-electron chi connectivity index (χ0n) is 9.70. The van der Waals surface area contributed by atoms with E-state index in [0.29, 0.717) is 29.2 Å². The van der Waals surface area contributed by atoms with Gasteiger partial charge in [0.05, 0.1) is 23.0 Å². The lowest BCUT2D eigenvalue weighted by molar-refractivity contribution is 0.400. The minimum atomic E-state index is 0.422. The van der Waals surface area contributed by atoms with E-state index in [2.05, 4.69) is 35.6 Å². The first kappa shape index (κ1) is 13.5. The molecular formula is C10H10BrClN4OS. The third-order valence-corrected chi connectivity index (χ3v) is 4.20. The second kappa shape index (κ2) is 5.81. The summed E-state index contributed by atoms with van der Waals surface area (Å²) in [4.78, 5) is 9.26. The fraction of sp³-hybridized carbons (Fsp3) is 0.300. The molecule has 2 rings (SSSR count). The van der Waals surface area contributed by atoms with Crippen molar-refractivity contribution in [2.45, 2.75) is 13.5 Å². The van der Waals surface area contributed by atoms with Crippen LogP contribution in [0.5, 0.6) is 5.88 Å². The number of nitrogens with one attached hydrogen (secondary N) is 1. The van der Waals surface area contributed by atoms with Crippen LogP contribution in [0.15, 0.2) is 10.5 Å². The quantitative estimate of drug-likeness (QED) is 0.858. The largest absolute Gasteiger partial charge is 0.480 e. The van der Waals surface area contributed by atoms with E-state index in [4.69, 9.17) is 16.3 Å². The zero-order chi connectivity index (χ0) is 13.1. The molecule has 0 saturated heterocycles. The molecule has 0 saturated carbocycles. The number of aromatic nitrogens is 3. The summed E-state index contributed by atoms with van der Waals surface area (Å²) in [6.07, 6.45) is 0. The van der Waals surface area contributed by atoms with Crippen LogP contribution in [0.1, 0.15) is 10.7 Å². The maximum atomic E-state index is 5.86. The summed E-state index contributed by atoms with van der Waals surface area (Å²) in [7, 11) is 1.59. The Hall–Kier alpha value is -0.920. The Balaban J connectivity index is 2.09. The lowest BCUT2D eigenvalue weighted by Gasteiger charge is -2.05. The zero-order valence-corrected chi connectivity index (χ0v) is 12.9. The summed E-state index contributed by atoms with van der Waals surface area (Å²) in [6, 6.07) is 1.68. The maximum absolute atomic E-state index is 5.86. The molecule has 96 valence electrons. The highest BCUT2D eigenvalue weighted by Crippen LogP contribution is 2.31. The number of hydrogen-bond acceptors (Lipinski definition) is 6. The molecule has 0 fully saturated rings. The van der Waals surface area contributed by atoms with Gasteiger partial charge in [-0.2, -0.15) is 4.37 Å². The minimum Gasteiger partial charge on any atom is -0.480 e. The Bertz CT molecular complexity index is 543. The number of hydrogen-bond donors (Lipinski definition) is 1. The van der Waals surface area contributed by atoms with Crippen LogP contribution in [0.2, 0.25) is 5.15 Å². The Kier molecular flexibility index (Phi) is 4.36. The van der Waals surface area contributed by atoms with Crippen molar-refractivity contribution < 1.29 is 4.74 Å². The molecule has 0 unspecified atom stereocenters.